The average molecular weight is 258 g/mol. The molecule has 19 heavy (non-hydrogen) atoms. The number of aromatic amines is 1. The van der Waals surface area contributed by atoms with Crippen LogP contribution in [-0.2, 0) is 0 Å². The number of benzene rings is 1. The predicted molar refractivity (Wildman–Crippen MR) is 64.5 cm³/mol. The van der Waals surface area contributed by atoms with Gasteiger partial charge in [0, 0.05) is 17.7 Å². The summed E-state index contributed by atoms with van der Waals surface area (Å²) >= 11 is 0. The Kier molecular flexibility index (Phi) is 2.34. The van der Waals surface area contributed by atoms with E-state index >= 15 is 0 Å². The van der Waals surface area contributed by atoms with Crippen LogP contribution < -0.4 is 5.56 Å². The molecule has 3 rings (SSSR count). The number of non-ortho nitro benzene ring substituents is 1. The Hall–Kier alpha value is -3.03. The molecule has 0 aliphatic heterocycles. The second kappa shape index (κ2) is 4.02. The minimum Gasteiger partial charge on any atom is -0.417 e. The first-order valence-electron chi connectivity index (χ1n) is 5.24. The van der Waals surface area contributed by atoms with Gasteiger partial charge in [-0.3, -0.25) is 14.9 Å². The molecule has 2 heterocycles. The Bertz CT molecular complexity index is 819. The first kappa shape index (κ1) is 11.1. The van der Waals surface area contributed by atoms with Crippen LogP contribution in [0.25, 0.3) is 22.7 Å². The van der Waals surface area contributed by atoms with E-state index in [2.05, 4.69) is 15.0 Å². The topological polar surface area (TPSA) is 115 Å². The van der Waals surface area contributed by atoms with Crippen molar-refractivity contribution in [3.8, 4) is 11.5 Å². The number of aromatic nitrogens is 3. The van der Waals surface area contributed by atoms with Crippen molar-refractivity contribution in [3.63, 3.8) is 0 Å². The first-order chi connectivity index (χ1) is 9.15. The van der Waals surface area contributed by atoms with Gasteiger partial charge in [-0.25, -0.2) is 9.97 Å². The van der Waals surface area contributed by atoms with Crippen molar-refractivity contribution in [3.05, 3.63) is 51.1 Å². The number of nitrogens with zero attached hydrogens (tertiary/aromatic N) is 3. The van der Waals surface area contributed by atoms with Gasteiger partial charge in [-0.15, -0.1) is 0 Å². The monoisotopic (exact) mass is 258 g/mol. The molecule has 8 nitrogen and oxygen atoms in total. The summed E-state index contributed by atoms with van der Waals surface area (Å²) in [7, 11) is 0. The van der Waals surface area contributed by atoms with Crippen LogP contribution >= 0.6 is 0 Å². The van der Waals surface area contributed by atoms with Gasteiger partial charge in [-0.2, -0.15) is 0 Å². The third-order valence-electron chi connectivity index (χ3n) is 2.53. The average Bonchev–Trinajstić information content (AvgIpc) is 2.84. The summed E-state index contributed by atoms with van der Waals surface area (Å²) in [6.07, 6.45) is 1.22. The quantitative estimate of drug-likeness (QED) is 0.550. The molecule has 1 N–H and O–H groups in total. The number of fused-ring (bicyclic) bond motifs is 1. The Labute approximate surface area is 104 Å². The summed E-state index contributed by atoms with van der Waals surface area (Å²) in [4.78, 5) is 31.7. The lowest BCUT2D eigenvalue weighted by molar-refractivity contribution is -0.384. The number of hydrogen-bond donors (Lipinski definition) is 1. The molecule has 2 aromatic heterocycles. The molecule has 94 valence electrons. The molecule has 0 aliphatic rings. The van der Waals surface area contributed by atoms with Crippen molar-refractivity contribution < 1.29 is 9.34 Å². The molecule has 0 radical (unpaired) electrons. The molecule has 0 bridgehead atoms. The van der Waals surface area contributed by atoms with E-state index in [0.717, 1.165) is 0 Å². The van der Waals surface area contributed by atoms with Crippen molar-refractivity contribution in [2.75, 3.05) is 0 Å². The Morgan fingerprint density at radius 1 is 1.26 bits per heavy atom. The third-order valence-corrected chi connectivity index (χ3v) is 2.53. The highest BCUT2D eigenvalue weighted by Gasteiger charge is 2.13. The van der Waals surface area contributed by atoms with Crippen LogP contribution in [0.3, 0.4) is 0 Å². The minimum atomic E-state index is -0.498. The smallest absolute Gasteiger partial charge is 0.280 e. The Morgan fingerprint density at radius 2 is 2.00 bits per heavy atom. The van der Waals surface area contributed by atoms with Crippen molar-refractivity contribution in [2.24, 2.45) is 0 Å². The van der Waals surface area contributed by atoms with Gasteiger partial charge in [0.2, 0.25) is 5.89 Å². The molecule has 8 heteroatoms. The number of nitro benzene ring substituents is 1. The number of rotatable bonds is 2. The zero-order valence-corrected chi connectivity index (χ0v) is 9.36. The highest BCUT2D eigenvalue weighted by atomic mass is 16.6. The van der Waals surface area contributed by atoms with E-state index in [1.54, 1.807) is 0 Å². The van der Waals surface area contributed by atoms with Gasteiger partial charge in [-0.1, -0.05) is 0 Å². The molecule has 0 amide bonds. The fourth-order valence-electron chi connectivity index (χ4n) is 1.61. The molecule has 0 saturated carbocycles. The maximum Gasteiger partial charge on any atom is 0.280 e. The number of nitro groups is 1. The van der Waals surface area contributed by atoms with Gasteiger partial charge >= 0.3 is 0 Å². The number of nitrogens with one attached hydrogen (secondary N) is 1. The van der Waals surface area contributed by atoms with Crippen molar-refractivity contribution in [2.45, 2.75) is 0 Å². The van der Waals surface area contributed by atoms with E-state index in [1.165, 1.54) is 30.6 Å². The summed E-state index contributed by atoms with van der Waals surface area (Å²) in [5.74, 6) is 0.189. The number of oxazole rings is 1. The van der Waals surface area contributed by atoms with Gasteiger partial charge in [-0.05, 0) is 12.1 Å². The van der Waals surface area contributed by atoms with Gasteiger partial charge < -0.3 is 9.40 Å². The van der Waals surface area contributed by atoms with Gasteiger partial charge in [0.25, 0.3) is 17.0 Å². The largest absolute Gasteiger partial charge is 0.417 e. The van der Waals surface area contributed by atoms with E-state index in [4.69, 9.17) is 4.42 Å². The lowest BCUT2D eigenvalue weighted by atomic mass is 10.2. The molecule has 0 saturated heterocycles. The summed E-state index contributed by atoms with van der Waals surface area (Å²) in [5, 5.41) is 10.5. The summed E-state index contributed by atoms with van der Waals surface area (Å²) < 4.78 is 5.32. The molecule has 3 aromatic rings. The Balaban J connectivity index is 2.11. The van der Waals surface area contributed by atoms with Gasteiger partial charge in [0.1, 0.15) is 0 Å². The summed E-state index contributed by atoms with van der Waals surface area (Å²) in [6, 6.07) is 5.66. The van der Waals surface area contributed by atoms with Crippen LogP contribution in [0, 0.1) is 10.1 Å². The normalized spacial score (nSPS) is 10.7. The zero-order chi connectivity index (χ0) is 13.4. The molecule has 0 unspecified atom stereocenters. The fraction of sp³-hybridized carbons (Fsp3) is 0. The first-order valence-corrected chi connectivity index (χ1v) is 5.24. The summed E-state index contributed by atoms with van der Waals surface area (Å²) in [5.41, 5.74) is 0.314. The molecule has 0 aliphatic carbocycles. The third kappa shape index (κ3) is 1.84. The maximum absolute atomic E-state index is 11.5. The van der Waals surface area contributed by atoms with Crippen LogP contribution in [0.2, 0.25) is 0 Å². The van der Waals surface area contributed by atoms with Crippen LogP contribution in [0.5, 0.6) is 0 Å². The van der Waals surface area contributed by atoms with Crippen LogP contribution in [0.4, 0.5) is 5.69 Å². The second-order valence-corrected chi connectivity index (χ2v) is 3.71. The number of hydrogen-bond acceptors (Lipinski definition) is 6. The molecule has 0 atom stereocenters. The molecular formula is C11H6N4O4. The van der Waals surface area contributed by atoms with Crippen molar-refractivity contribution >= 4 is 16.9 Å². The van der Waals surface area contributed by atoms with Crippen LogP contribution in [-0.4, -0.2) is 19.9 Å². The fourth-order valence-corrected chi connectivity index (χ4v) is 1.61. The minimum absolute atomic E-state index is 0.0316. The Morgan fingerprint density at radius 3 is 2.63 bits per heavy atom. The lowest BCUT2D eigenvalue weighted by Crippen LogP contribution is -2.05. The van der Waals surface area contributed by atoms with E-state index < -0.39 is 10.5 Å². The van der Waals surface area contributed by atoms with Gasteiger partial charge in [0.05, 0.1) is 11.3 Å². The number of H-pyrrole nitrogens is 1. The van der Waals surface area contributed by atoms with E-state index in [0.29, 0.717) is 5.56 Å². The van der Waals surface area contributed by atoms with Crippen LogP contribution in [0.15, 0.2) is 39.8 Å². The lowest BCUT2D eigenvalue weighted by Gasteiger charge is -1.94. The summed E-state index contributed by atoms with van der Waals surface area (Å²) in [6.45, 7) is 0. The highest BCUT2D eigenvalue weighted by molar-refractivity contribution is 5.71. The molecule has 0 fully saturated rings. The predicted octanol–water partition coefficient (Wildman–Crippen LogP) is 1.49. The molecular weight excluding hydrogens is 252 g/mol. The van der Waals surface area contributed by atoms with E-state index in [9.17, 15) is 14.9 Å². The maximum atomic E-state index is 11.5. The van der Waals surface area contributed by atoms with E-state index in [1.807, 2.05) is 0 Å². The SMILES string of the molecule is O=c1[nH]cnc2oc(-c3ccc([N+](=O)[O-])cc3)nc12. The zero-order valence-electron chi connectivity index (χ0n) is 9.36. The van der Waals surface area contributed by atoms with Crippen molar-refractivity contribution in [1.29, 1.82) is 0 Å². The molecule has 0 spiro atoms. The molecule has 1 aromatic carbocycles. The van der Waals surface area contributed by atoms with Crippen molar-refractivity contribution in [1.82, 2.24) is 15.0 Å². The van der Waals surface area contributed by atoms with E-state index in [-0.39, 0.29) is 22.8 Å². The standard InChI is InChI=1S/C11H6N4O4/c16-9-8-11(13-5-12-9)19-10(14-8)6-1-3-7(4-2-6)15(17)18/h1-5H,(H,12,13,16). The van der Waals surface area contributed by atoms with Crippen LogP contribution in [0.1, 0.15) is 0 Å². The second-order valence-electron chi connectivity index (χ2n) is 3.71. The van der Waals surface area contributed by atoms with Gasteiger partial charge in [0.15, 0.2) is 5.52 Å². The highest BCUT2D eigenvalue weighted by Crippen LogP contribution is 2.23.